The van der Waals surface area contributed by atoms with Crippen molar-refractivity contribution in [1.82, 2.24) is 5.32 Å². The number of methoxy groups -OCH3 is 1. The highest BCUT2D eigenvalue weighted by atomic mass is 79.9. The number of hydrogen-bond donors (Lipinski definition) is 1. The fourth-order valence-electron chi connectivity index (χ4n) is 2.02. The van der Waals surface area contributed by atoms with E-state index in [-0.39, 0.29) is 0 Å². The number of rotatable bonds is 8. The minimum Gasteiger partial charge on any atom is -0.487 e. The predicted molar refractivity (Wildman–Crippen MR) is 91.1 cm³/mol. The van der Waals surface area contributed by atoms with Crippen LogP contribution in [0.25, 0.3) is 0 Å². The first-order chi connectivity index (χ1) is 10.2. The molecule has 2 rings (SSSR count). The molecule has 5 heteroatoms. The van der Waals surface area contributed by atoms with E-state index >= 15 is 0 Å². The van der Waals surface area contributed by atoms with Gasteiger partial charge in [0.05, 0.1) is 11.5 Å². The van der Waals surface area contributed by atoms with Gasteiger partial charge in [0, 0.05) is 30.2 Å². The second-order valence-electron chi connectivity index (χ2n) is 4.71. The molecule has 0 bridgehead atoms. The van der Waals surface area contributed by atoms with E-state index in [9.17, 15) is 0 Å². The summed E-state index contributed by atoms with van der Waals surface area (Å²) in [5.41, 5.74) is 2.34. The normalized spacial score (nSPS) is 10.8. The summed E-state index contributed by atoms with van der Waals surface area (Å²) in [6.45, 7) is 5.00. The van der Waals surface area contributed by atoms with Crippen LogP contribution in [0.4, 0.5) is 0 Å². The molecule has 0 unspecified atom stereocenters. The third kappa shape index (κ3) is 4.81. The zero-order valence-electron chi connectivity index (χ0n) is 12.3. The van der Waals surface area contributed by atoms with Crippen molar-refractivity contribution < 1.29 is 9.47 Å². The first-order valence-electron chi connectivity index (χ1n) is 6.85. The Morgan fingerprint density at radius 1 is 1.29 bits per heavy atom. The lowest BCUT2D eigenvalue weighted by molar-refractivity contribution is 0.199. The van der Waals surface area contributed by atoms with Gasteiger partial charge in [0.25, 0.3) is 0 Å². The molecule has 0 fully saturated rings. The molecule has 1 aromatic heterocycles. The summed E-state index contributed by atoms with van der Waals surface area (Å²) in [5.74, 6) is 0.975. The molecule has 0 atom stereocenters. The van der Waals surface area contributed by atoms with Crippen LogP contribution in [0.2, 0.25) is 0 Å². The molecule has 1 heterocycles. The van der Waals surface area contributed by atoms with Gasteiger partial charge >= 0.3 is 0 Å². The summed E-state index contributed by atoms with van der Waals surface area (Å²) in [6, 6.07) is 8.30. The highest BCUT2D eigenvalue weighted by molar-refractivity contribution is 9.10. The van der Waals surface area contributed by atoms with Crippen LogP contribution < -0.4 is 10.1 Å². The van der Waals surface area contributed by atoms with Crippen molar-refractivity contribution in [3.05, 3.63) is 50.1 Å². The summed E-state index contributed by atoms with van der Waals surface area (Å²) in [4.78, 5) is 1.21. The molecule has 0 aliphatic carbocycles. The molecule has 1 N–H and O–H groups in total. The first-order valence-corrected chi connectivity index (χ1v) is 8.52. The van der Waals surface area contributed by atoms with Crippen molar-refractivity contribution in [2.24, 2.45) is 0 Å². The highest BCUT2D eigenvalue weighted by Gasteiger charge is 2.09. The third-order valence-electron chi connectivity index (χ3n) is 3.13. The van der Waals surface area contributed by atoms with Crippen LogP contribution >= 0.6 is 27.3 Å². The molecular formula is C16H20BrNO2S. The van der Waals surface area contributed by atoms with E-state index in [0.29, 0.717) is 13.2 Å². The van der Waals surface area contributed by atoms with E-state index < -0.39 is 0 Å². The van der Waals surface area contributed by atoms with Gasteiger partial charge in [0.15, 0.2) is 0 Å². The number of aryl methyl sites for hydroxylation is 1. The summed E-state index contributed by atoms with van der Waals surface area (Å²) in [7, 11) is 1.71. The lowest BCUT2D eigenvalue weighted by Gasteiger charge is -2.14. The van der Waals surface area contributed by atoms with Crippen LogP contribution in [0.5, 0.6) is 5.75 Å². The van der Waals surface area contributed by atoms with Gasteiger partial charge in [0.2, 0.25) is 0 Å². The summed E-state index contributed by atoms with van der Waals surface area (Å²) >= 11 is 5.24. The zero-order valence-corrected chi connectivity index (χ0v) is 14.7. The zero-order chi connectivity index (χ0) is 15.1. The van der Waals surface area contributed by atoms with Crippen LogP contribution in [0.15, 0.2) is 34.1 Å². The molecule has 0 radical (unpaired) electrons. The standard InChI is InChI=1S/C16H20BrNO2S/c1-12-4-3-5-13(10-18-7-8-19-2)16(12)20-11-15-14(17)6-9-21-15/h3-6,9,18H,7-8,10-11H2,1-2H3. The van der Waals surface area contributed by atoms with Gasteiger partial charge in [-0.05, 0) is 39.9 Å². The second-order valence-corrected chi connectivity index (χ2v) is 6.57. The summed E-state index contributed by atoms with van der Waals surface area (Å²) in [5, 5.41) is 5.43. The predicted octanol–water partition coefficient (Wildman–Crippen LogP) is 4.13. The first kappa shape index (κ1) is 16.5. The number of thiophene rings is 1. The van der Waals surface area contributed by atoms with E-state index in [1.807, 2.05) is 0 Å². The topological polar surface area (TPSA) is 30.5 Å². The van der Waals surface area contributed by atoms with E-state index in [1.54, 1.807) is 18.4 Å². The largest absolute Gasteiger partial charge is 0.487 e. The quantitative estimate of drug-likeness (QED) is 0.709. The number of para-hydroxylation sites is 1. The van der Waals surface area contributed by atoms with E-state index in [4.69, 9.17) is 9.47 Å². The molecular weight excluding hydrogens is 350 g/mol. The van der Waals surface area contributed by atoms with Gasteiger partial charge in [-0.1, -0.05) is 18.2 Å². The maximum atomic E-state index is 6.06. The third-order valence-corrected chi connectivity index (χ3v) is 5.03. The van der Waals surface area contributed by atoms with Gasteiger partial charge in [-0.15, -0.1) is 11.3 Å². The van der Waals surface area contributed by atoms with Crippen molar-refractivity contribution in [3.8, 4) is 5.75 Å². The Hall–Kier alpha value is -0.880. The molecule has 114 valence electrons. The van der Waals surface area contributed by atoms with Gasteiger partial charge in [-0.3, -0.25) is 0 Å². The molecule has 3 nitrogen and oxygen atoms in total. The van der Waals surface area contributed by atoms with Crippen molar-refractivity contribution in [1.29, 1.82) is 0 Å². The smallest absolute Gasteiger partial charge is 0.127 e. The SMILES string of the molecule is COCCNCc1cccc(C)c1OCc1sccc1Br. The minimum absolute atomic E-state index is 0.591. The van der Waals surface area contributed by atoms with E-state index in [0.717, 1.165) is 28.9 Å². The Kier molecular flexibility index (Phi) is 6.70. The van der Waals surface area contributed by atoms with Gasteiger partial charge in [0.1, 0.15) is 12.4 Å². The number of benzene rings is 1. The fraction of sp³-hybridized carbons (Fsp3) is 0.375. The molecule has 0 spiro atoms. The summed E-state index contributed by atoms with van der Waals surface area (Å²) in [6.07, 6.45) is 0. The number of halogens is 1. The Morgan fingerprint density at radius 2 is 2.14 bits per heavy atom. The van der Waals surface area contributed by atoms with Gasteiger partial charge in [-0.2, -0.15) is 0 Å². The minimum atomic E-state index is 0.591. The van der Waals surface area contributed by atoms with Crippen molar-refractivity contribution >= 4 is 27.3 Å². The van der Waals surface area contributed by atoms with Crippen LogP contribution in [0.1, 0.15) is 16.0 Å². The lowest BCUT2D eigenvalue weighted by atomic mass is 10.1. The van der Waals surface area contributed by atoms with Crippen LogP contribution in [0.3, 0.4) is 0 Å². The highest BCUT2D eigenvalue weighted by Crippen LogP contribution is 2.28. The average Bonchev–Trinajstić information content (AvgIpc) is 2.88. The Balaban J connectivity index is 2.01. The summed E-state index contributed by atoms with van der Waals surface area (Å²) < 4.78 is 12.2. The molecule has 0 saturated heterocycles. The average molecular weight is 370 g/mol. The van der Waals surface area contributed by atoms with Crippen LogP contribution in [-0.2, 0) is 17.9 Å². The van der Waals surface area contributed by atoms with E-state index in [1.165, 1.54) is 10.4 Å². The Morgan fingerprint density at radius 3 is 2.86 bits per heavy atom. The maximum Gasteiger partial charge on any atom is 0.127 e. The molecule has 21 heavy (non-hydrogen) atoms. The van der Waals surface area contributed by atoms with Gasteiger partial charge < -0.3 is 14.8 Å². The maximum absolute atomic E-state index is 6.06. The molecule has 0 aliphatic rings. The molecule has 1 aromatic carbocycles. The van der Waals surface area contributed by atoms with Crippen LogP contribution in [-0.4, -0.2) is 20.3 Å². The molecule has 0 aliphatic heterocycles. The Bertz CT molecular complexity index is 571. The fourth-order valence-corrected chi connectivity index (χ4v) is 3.40. The van der Waals surface area contributed by atoms with Gasteiger partial charge in [-0.25, -0.2) is 0 Å². The molecule has 0 amide bonds. The lowest BCUT2D eigenvalue weighted by Crippen LogP contribution is -2.19. The van der Waals surface area contributed by atoms with Crippen molar-refractivity contribution in [2.75, 3.05) is 20.3 Å². The van der Waals surface area contributed by atoms with Crippen LogP contribution in [0, 0.1) is 6.92 Å². The number of nitrogens with one attached hydrogen (secondary N) is 1. The number of hydrogen-bond acceptors (Lipinski definition) is 4. The second kappa shape index (κ2) is 8.54. The van der Waals surface area contributed by atoms with E-state index in [2.05, 4.69) is 57.8 Å². The van der Waals surface area contributed by atoms with Crippen molar-refractivity contribution in [2.45, 2.75) is 20.1 Å². The molecule has 2 aromatic rings. The monoisotopic (exact) mass is 369 g/mol. The Labute approximate surface area is 138 Å². The number of ether oxygens (including phenoxy) is 2. The van der Waals surface area contributed by atoms with Crippen molar-refractivity contribution in [3.63, 3.8) is 0 Å². The molecule has 0 saturated carbocycles.